The van der Waals surface area contributed by atoms with Crippen LogP contribution in [-0.4, -0.2) is 5.78 Å². The first-order valence-corrected chi connectivity index (χ1v) is 5.66. The number of thiophene rings is 1. The molecular formula is C11H14OS. The fourth-order valence-corrected chi connectivity index (χ4v) is 2.40. The summed E-state index contributed by atoms with van der Waals surface area (Å²) in [6.07, 6.45) is 2.49. The van der Waals surface area contributed by atoms with Crippen molar-refractivity contribution in [2.75, 3.05) is 0 Å². The molecule has 0 spiro atoms. The Hall–Kier alpha value is -0.630. The van der Waals surface area contributed by atoms with Crippen molar-refractivity contribution in [1.29, 1.82) is 0 Å². The van der Waals surface area contributed by atoms with Gasteiger partial charge in [0, 0.05) is 16.4 Å². The van der Waals surface area contributed by atoms with Crippen LogP contribution >= 0.6 is 11.3 Å². The van der Waals surface area contributed by atoms with Gasteiger partial charge in [0.1, 0.15) is 0 Å². The zero-order valence-electron chi connectivity index (χ0n) is 8.04. The third-order valence-corrected chi connectivity index (χ3v) is 3.71. The normalized spacial score (nSPS) is 18.6. The number of carbonyl (C=O) groups is 1. The number of Topliss-reactive ketones (excluding diaryl/α,β-unsaturated/α-hetero) is 1. The Morgan fingerprint density at radius 2 is 2.31 bits per heavy atom. The van der Waals surface area contributed by atoms with Crippen LogP contribution in [0.1, 0.15) is 35.0 Å². The molecule has 1 saturated carbocycles. The van der Waals surface area contributed by atoms with Gasteiger partial charge in [-0.1, -0.05) is 6.92 Å². The van der Waals surface area contributed by atoms with Gasteiger partial charge in [-0.3, -0.25) is 4.79 Å². The van der Waals surface area contributed by atoms with E-state index >= 15 is 0 Å². The molecule has 0 aliphatic heterocycles. The lowest BCUT2D eigenvalue weighted by Crippen LogP contribution is -2.13. The van der Waals surface area contributed by atoms with Crippen molar-refractivity contribution < 1.29 is 4.79 Å². The summed E-state index contributed by atoms with van der Waals surface area (Å²) >= 11 is 1.66. The van der Waals surface area contributed by atoms with Crippen molar-refractivity contribution in [2.24, 2.45) is 11.8 Å². The number of rotatable bonds is 3. The lowest BCUT2D eigenvalue weighted by Gasteiger charge is -2.07. The maximum Gasteiger partial charge on any atom is 0.167 e. The van der Waals surface area contributed by atoms with Gasteiger partial charge in [-0.2, -0.15) is 0 Å². The minimum absolute atomic E-state index is 0.244. The van der Waals surface area contributed by atoms with E-state index in [9.17, 15) is 4.79 Å². The second-order valence-electron chi connectivity index (χ2n) is 3.88. The van der Waals surface area contributed by atoms with Gasteiger partial charge < -0.3 is 0 Å². The Morgan fingerprint density at radius 1 is 1.62 bits per heavy atom. The zero-order chi connectivity index (χ0) is 9.42. The number of hydrogen-bond acceptors (Lipinski definition) is 2. The monoisotopic (exact) mass is 194 g/mol. The summed E-state index contributed by atoms with van der Waals surface area (Å²) < 4.78 is 0. The first-order chi connectivity index (χ1) is 6.20. The van der Waals surface area contributed by atoms with Gasteiger partial charge >= 0.3 is 0 Å². The van der Waals surface area contributed by atoms with Gasteiger partial charge in [0.15, 0.2) is 5.78 Å². The van der Waals surface area contributed by atoms with E-state index in [2.05, 4.69) is 6.92 Å². The van der Waals surface area contributed by atoms with Gasteiger partial charge in [0.25, 0.3) is 0 Å². The molecule has 13 heavy (non-hydrogen) atoms. The van der Waals surface area contributed by atoms with E-state index in [-0.39, 0.29) is 5.92 Å². The third kappa shape index (κ3) is 1.68. The fraction of sp³-hybridized carbons (Fsp3) is 0.545. The van der Waals surface area contributed by atoms with Gasteiger partial charge in [-0.25, -0.2) is 0 Å². The predicted octanol–water partition coefficient (Wildman–Crippen LogP) is 3.29. The van der Waals surface area contributed by atoms with Crippen LogP contribution in [0.5, 0.6) is 0 Å². The predicted molar refractivity (Wildman–Crippen MR) is 55.3 cm³/mol. The average Bonchev–Trinajstić information content (AvgIpc) is 2.87. The molecule has 0 saturated heterocycles. The highest BCUT2D eigenvalue weighted by Crippen LogP contribution is 2.38. The van der Waals surface area contributed by atoms with E-state index in [4.69, 9.17) is 0 Å². The Morgan fingerprint density at radius 3 is 2.77 bits per heavy atom. The Bertz CT molecular complexity index is 323. The summed E-state index contributed by atoms with van der Waals surface area (Å²) in [7, 11) is 0. The molecule has 70 valence electrons. The van der Waals surface area contributed by atoms with Crippen LogP contribution < -0.4 is 0 Å². The maximum absolute atomic E-state index is 11.9. The van der Waals surface area contributed by atoms with Crippen LogP contribution in [-0.2, 0) is 0 Å². The molecule has 0 radical (unpaired) electrons. The Balaban J connectivity index is 2.16. The van der Waals surface area contributed by atoms with Crippen LogP contribution in [0.4, 0.5) is 0 Å². The molecule has 1 nitrogen and oxygen atoms in total. The molecular weight excluding hydrogens is 180 g/mol. The molecule has 1 heterocycles. The number of hydrogen-bond donors (Lipinski definition) is 0. The number of carbonyl (C=O) groups excluding carboxylic acids is 1. The minimum atomic E-state index is 0.244. The van der Waals surface area contributed by atoms with Crippen LogP contribution in [0.2, 0.25) is 0 Å². The molecule has 2 heteroatoms. The smallest absolute Gasteiger partial charge is 0.167 e. The van der Waals surface area contributed by atoms with E-state index in [1.807, 2.05) is 18.4 Å². The molecule has 1 fully saturated rings. The summed E-state index contributed by atoms with van der Waals surface area (Å²) in [4.78, 5) is 13.1. The van der Waals surface area contributed by atoms with Gasteiger partial charge in [-0.15, -0.1) is 11.3 Å². The quantitative estimate of drug-likeness (QED) is 0.675. The molecule has 0 bridgehead atoms. The second kappa shape index (κ2) is 3.26. The zero-order valence-corrected chi connectivity index (χ0v) is 8.86. The molecule has 0 aromatic carbocycles. The standard InChI is InChI=1S/C11H14OS/c1-7(9-3-4-9)11(12)10-5-6-13-8(10)2/h5-7,9H,3-4H2,1-2H3. The topological polar surface area (TPSA) is 17.1 Å². The van der Waals surface area contributed by atoms with Crippen molar-refractivity contribution in [3.8, 4) is 0 Å². The Labute approximate surface area is 82.8 Å². The number of ketones is 1. The lowest BCUT2D eigenvalue weighted by atomic mass is 9.96. The van der Waals surface area contributed by atoms with Crippen molar-refractivity contribution >= 4 is 17.1 Å². The van der Waals surface area contributed by atoms with Crippen molar-refractivity contribution in [3.05, 3.63) is 21.9 Å². The molecule has 0 amide bonds. The summed E-state index contributed by atoms with van der Waals surface area (Å²) in [5.74, 6) is 1.27. The van der Waals surface area contributed by atoms with Gasteiger partial charge in [0.2, 0.25) is 0 Å². The summed E-state index contributed by atoms with van der Waals surface area (Å²) in [5.41, 5.74) is 0.949. The minimum Gasteiger partial charge on any atom is -0.294 e. The Kier molecular flexibility index (Phi) is 2.24. The highest BCUT2D eigenvalue weighted by Gasteiger charge is 2.33. The van der Waals surface area contributed by atoms with Crippen molar-refractivity contribution in [1.82, 2.24) is 0 Å². The summed E-state index contributed by atoms with van der Waals surface area (Å²) in [6, 6.07) is 1.96. The van der Waals surface area contributed by atoms with Crippen molar-refractivity contribution in [2.45, 2.75) is 26.7 Å². The van der Waals surface area contributed by atoms with Gasteiger partial charge in [0.05, 0.1) is 0 Å². The highest BCUT2D eigenvalue weighted by atomic mass is 32.1. The molecule has 1 aromatic rings. The van der Waals surface area contributed by atoms with Crippen LogP contribution in [0.25, 0.3) is 0 Å². The fourth-order valence-electron chi connectivity index (χ4n) is 1.70. The van der Waals surface area contributed by atoms with E-state index in [1.165, 1.54) is 12.8 Å². The highest BCUT2D eigenvalue weighted by molar-refractivity contribution is 7.10. The van der Waals surface area contributed by atoms with E-state index in [0.29, 0.717) is 11.7 Å². The average molecular weight is 194 g/mol. The molecule has 1 unspecified atom stereocenters. The molecule has 2 rings (SSSR count). The first kappa shape index (κ1) is 8.95. The molecule has 1 aromatic heterocycles. The molecule has 1 atom stereocenters. The molecule has 1 aliphatic carbocycles. The SMILES string of the molecule is Cc1sccc1C(=O)C(C)C1CC1. The molecule has 0 N–H and O–H groups in total. The summed E-state index contributed by atoms with van der Waals surface area (Å²) in [6.45, 7) is 4.09. The first-order valence-electron chi connectivity index (χ1n) is 4.78. The van der Waals surface area contributed by atoms with Crippen LogP contribution in [0.3, 0.4) is 0 Å². The largest absolute Gasteiger partial charge is 0.294 e. The van der Waals surface area contributed by atoms with E-state index in [1.54, 1.807) is 11.3 Å². The van der Waals surface area contributed by atoms with Crippen molar-refractivity contribution in [3.63, 3.8) is 0 Å². The van der Waals surface area contributed by atoms with E-state index in [0.717, 1.165) is 10.4 Å². The summed E-state index contributed by atoms with van der Waals surface area (Å²) in [5, 5.41) is 2.00. The maximum atomic E-state index is 11.9. The van der Waals surface area contributed by atoms with Crippen LogP contribution in [0.15, 0.2) is 11.4 Å². The number of aryl methyl sites for hydroxylation is 1. The third-order valence-electron chi connectivity index (χ3n) is 2.87. The van der Waals surface area contributed by atoms with Gasteiger partial charge in [-0.05, 0) is 37.1 Å². The van der Waals surface area contributed by atoms with Crippen LogP contribution in [0, 0.1) is 18.8 Å². The van der Waals surface area contributed by atoms with E-state index < -0.39 is 0 Å². The molecule has 1 aliphatic rings. The lowest BCUT2D eigenvalue weighted by molar-refractivity contribution is 0.0916. The second-order valence-corrected chi connectivity index (χ2v) is 5.00.